The maximum atomic E-state index is 13.3. The molecule has 2 nitrogen and oxygen atoms in total. The maximum absolute atomic E-state index is 13.3. The van der Waals surface area contributed by atoms with Crippen LogP contribution in [0.25, 0.3) is 5.76 Å². The Labute approximate surface area is 174 Å². The van der Waals surface area contributed by atoms with Crippen molar-refractivity contribution in [2.45, 2.75) is 19.8 Å². The van der Waals surface area contributed by atoms with Crippen molar-refractivity contribution in [3.8, 4) is 0 Å². The molecule has 0 bridgehead atoms. The SMILES string of the molecule is Cc1cccc(C)c1[C@H](C1=C(O)c2ccccc2C1=O)c1c(Cl)cccc1Cl. The monoisotopic (exact) mass is 408 g/mol. The number of aryl methyl sites for hydroxylation is 2. The number of carbonyl (C=O) groups excluding carboxylic acids is 1. The molecule has 0 aliphatic heterocycles. The number of aliphatic hydroxyl groups excluding tert-OH is 1. The number of ketones is 1. The van der Waals surface area contributed by atoms with E-state index >= 15 is 0 Å². The van der Waals surface area contributed by atoms with Gasteiger partial charge in [-0.1, -0.05) is 71.7 Å². The Hall–Kier alpha value is -2.55. The van der Waals surface area contributed by atoms with Crippen molar-refractivity contribution in [3.05, 3.63) is 110 Å². The number of Topliss-reactive ketones (excluding diaryl/α,β-unsaturated/α-hetero) is 1. The van der Waals surface area contributed by atoms with Crippen LogP contribution < -0.4 is 0 Å². The first kappa shape index (κ1) is 18.8. The molecule has 0 radical (unpaired) electrons. The molecule has 0 heterocycles. The van der Waals surface area contributed by atoms with E-state index in [1.807, 2.05) is 38.1 Å². The molecule has 140 valence electrons. The number of aliphatic hydroxyl groups is 1. The highest BCUT2D eigenvalue weighted by Gasteiger charge is 2.38. The Bertz CT molecular complexity index is 1050. The molecule has 1 atom stereocenters. The van der Waals surface area contributed by atoms with Gasteiger partial charge in [-0.05, 0) is 42.7 Å². The summed E-state index contributed by atoms with van der Waals surface area (Å²) in [4.78, 5) is 13.3. The van der Waals surface area contributed by atoms with E-state index in [1.54, 1.807) is 36.4 Å². The van der Waals surface area contributed by atoms with Gasteiger partial charge in [0, 0.05) is 32.7 Å². The fourth-order valence-electron chi connectivity index (χ4n) is 4.06. The van der Waals surface area contributed by atoms with E-state index in [0.29, 0.717) is 32.3 Å². The molecule has 4 heteroatoms. The van der Waals surface area contributed by atoms with E-state index in [-0.39, 0.29) is 11.5 Å². The van der Waals surface area contributed by atoms with Crippen LogP contribution in [-0.2, 0) is 0 Å². The number of allylic oxidation sites excluding steroid dienone is 1. The van der Waals surface area contributed by atoms with E-state index in [0.717, 1.165) is 16.7 Å². The van der Waals surface area contributed by atoms with E-state index in [1.165, 1.54) is 0 Å². The molecular weight excluding hydrogens is 391 g/mol. The first-order valence-electron chi connectivity index (χ1n) is 8.99. The van der Waals surface area contributed by atoms with Gasteiger partial charge in [0.2, 0.25) is 0 Å². The highest BCUT2D eigenvalue weighted by molar-refractivity contribution is 6.36. The lowest BCUT2D eigenvalue weighted by molar-refractivity contribution is 0.103. The second kappa shape index (κ2) is 7.12. The summed E-state index contributed by atoms with van der Waals surface area (Å²) in [6, 6.07) is 18.3. The normalized spacial score (nSPS) is 14.4. The van der Waals surface area contributed by atoms with Gasteiger partial charge in [-0.2, -0.15) is 0 Å². The molecule has 0 fully saturated rings. The standard InChI is InChI=1S/C24H18Cl2O2/c1-13-7-5-8-14(2)19(13)21(20-17(25)11-6-12-18(20)26)22-23(27)15-9-3-4-10-16(15)24(22)28/h3-12,21,27H,1-2H3/t21-/m0/s1. The van der Waals surface area contributed by atoms with Crippen molar-refractivity contribution in [2.75, 3.05) is 0 Å². The summed E-state index contributed by atoms with van der Waals surface area (Å²) in [7, 11) is 0. The Morgan fingerprint density at radius 3 is 1.86 bits per heavy atom. The molecule has 0 unspecified atom stereocenters. The number of hydrogen-bond acceptors (Lipinski definition) is 2. The minimum atomic E-state index is -0.567. The Balaban J connectivity index is 2.07. The molecule has 0 aromatic heterocycles. The van der Waals surface area contributed by atoms with Crippen LogP contribution in [0.5, 0.6) is 0 Å². The molecule has 1 N–H and O–H groups in total. The molecule has 0 saturated heterocycles. The van der Waals surface area contributed by atoms with Gasteiger partial charge < -0.3 is 5.11 Å². The van der Waals surface area contributed by atoms with Gasteiger partial charge in [0.25, 0.3) is 0 Å². The van der Waals surface area contributed by atoms with Crippen molar-refractivity contribution in [1.82, 2.24) is 0 Å². The van der Waals surface area contributed by atoms with E-state index in [4.69, 9.17) is 23.2 Å². The zero-order valence-corrected chi connectivity index (χ0v) is 17.0. The summed E-state index contributed by atoms with van der Waals surface area (Å²) in [6.45, 7) is 3.98. The van der Waals surface area contributed by atoms with Crippen LogP contribution in [0.3, 0.4) is 0 Å². The summed E-state index contributed by atoms with van der Waals surface area (Å²) in [5.74, 6) is -0.775. The van der Waals surface area contributed by atoms with E-state index in [9.17, 15) is 9.90 Å². The summed E-state index contributed by atoms with van der Waals surface area (Å²) in [5, 5.41) is 12.0. The first-order chi connectivity index (χ1) is 13.4. The van der Waals surface area contributed by atoms with Crippen LogP contribution in [0.2, 0.25) is 10.0 Å². The van der Waals surface area contributed by atoms with Gasteiger partial charge in [0.05, 0.1) is 5.57 Å². The summed E-state index contributed by atoms with van der Waals surface area (Å²) in [6.07, 6.45) is 0. The number of halogens is 2. The molecule has 3 aromatic rings. The highest BCUT2D eigenvalue weighted by Crippen LogP contribution is 2.47. The third kappa shape index (κ3) is 2.85. The first-order valence-corrected chi connectivity index (χ1v) is 9.74. The van der Waals surface area contributed by atoms with Gasteiger partial charge in [0.15, 0.2) is 5.78 Å². The van der Waals surface area contributed by atoms with E-state index < -0.39 is 5.92 Å². The molecule has 28 heavy (non-hydrogen) atoms. The predicted molar refractivity (Wildman–Crippen MR) is 115 cm³/mol. The average Bonchev–Trinajstić information content (AvgIpc) is 2.91. The summed E-state index contributed by atoms with van der Waals surface area (Å²) >= 11 is 13.1. The van der Waals surface area contributed by atoms with Crippen LogP contribution in [-0.4, -0.2) is 10.9 Å². The number of benzene rings is 3. The molecule has 1 aliphatic carbocycles. The minimum Gasteiger partial charge on any atom is -0.507 e. The lowest BCUT2D eigenvalue weighted by atomic mass is 9.79. The van der Waals surface area contributed by atoms with Gasteiger partial charge in [-0.3, -0.25) is 4.79 Å². The van der Waals surface area contributed by atoms with Gasteiger partial charge in [0.1, 0.15) is 5.76 Å². The maximum Gasteiger partial charge on any atom is 0.194 e. The number of rotatable bonds is 3. The number of hydrogen-bond donors (Lipinski definition) is 1. The van der Waals surface area contributed by atoms with Crippen molar-refractivity contribution in [3.63, 3.8) is 0 Å². The van der Waals surface area contributed by atoms with Gasteiger partial charge in [-0.25, -0.2) is 0 Å². The minimum absolute atomic E-state index is 0.00996. The largest absolute Gasteiger partial charge is 0.507 e. The predicted octanol–water partition coefficient (Wildman–Crippen LogP) is 6.91. The second-order valence-corrected chi connectivity index (χ2v) is 7.83. The fraction of sp³-hybridized carbons (Fsp3) is 0.125. The molecule has 1 aliphatic rings. The Kier molecular flexibility index (Phi) is 4.78. The fourth-order valence-corrected chi connectivity index (χ4v) is 4.67. The molecule has 0 saturated carbocycles. The zero-order valence-electron chi connectivity index (χ0n) is 15.5. The number of fused-ring (bicyclic) bond motifs is 1. The smallest absolute Gasteiger partial charge is 0.194 e. The van der Waals surface area contributed by atoms with Crippen LogP contribution in [0.15, 0.2) is 66.2 Å². The third-order valence-electron chi connectivity index (χ3n) is 5.33. The third-order valence-corrected chi connectivity index (χ3v) is 5.99. The molecule has 4 rings (SSSR count). The summed E-state index contributed by atoms with van der Waals surface area (Å²) in [5.41, 5.74) is 4.92. The van der Waals surface area contributed by atoms with Crippen molar-refractivity contribution < 1.29 is 9.90 Å². The van der Waals surface area contributed by atoms with Crippen molar-refractivity contribution >= 4 is 34.7 Å². The molecule has 0 amide bonds. The van der Waals surface area contributed by atoms with Crippen LogP contribution >= 0.6 is 23.2 Å². The van der Waals surface area contributed by atoms with Gasteiger partial charge >= 0.3 is 0 Å². The van der Waals surface area contributed by atoms with Crippen LogP contribution in [0.1, 0.15) is 44.1 Å². The molecule has 0 spiro atoms. The highest BCUT2D eigenvalue weighted by atomic mass is 35.5. The van der Waals surface area contributed by atoms with E-state index in [2.05, 4.69) is 0 Å². The molecular formula is C24H18Cl2O2. The van der Waals surface area contributed by atoms with Crippen molar-refractivity contribution in [2.24, 2.45) is 0 Å². The quantitative estimate of drug-likeness (QED) is 0.511. The van der Waals surface area contributed by atoms with Gasteiger partial charge in [-0.15, -0.1) is 0 Å². The van der Waals surface area contributed by atoms with Crippen LogP contribution in [0, 0.1) is 13.8 Å². The molecule has 3 aromatic carbocycles. The summed E-state index contributed by atoms with van der Waals surface area (Å²) < 4.78 is 0. The Morgan fingerprint density at radius 1 is 0.750 bits per heavy atom. The lowest BCUT2D eigenvalue weighted by Gasteiger charge is -2.25. The Morgan fingerprint density at radius 2 is 1.29 bits per heavy atom. The second-order valence-electron chi connectivity index (χ2n) is 7.01. The average molecular weight is 409 g/mol. The van der Waals surface area contributed by atoms with Crippen LogP contribution in [0.4, 0.5) is 0 Å². The van der Waals surface area contributed by atoms with Crippen molar-refractivity contribution in [1.29, 1.82) is 0 Å². The zero-order chi connectivity index (χ0) is 20.0. The topological polar surface area (TPSA) is 37.3 Å². The number of carbonyl (C=O) groups is 1. The lowest BCUT2D eigenvalue weighted by Crippen LogP contribution is -2.15.